The normalized spacial score (nSPS) is 11.9. The van der Waals surface area contributed by atoms with Crippen LogP contribution in [0.1, 0.15) is 19.0 Å². The lowest BCUT2D eigenvalue weighted by Gasteiger charge is -2.24. The predicted octanol–water partition coefficient (Wildman–Crippen LogP) is 1.93. The Balaban J connectivity index is 2.71. The predicted molar refractivity (Wildman–Crippen MR) is 67.6 cm³/mol. The van der Waals surface area contributed by atoms with E-state index in [2.05, 4.69) is 23.1 Å². The summed E-state index contributed by atoms with van der Waals surface area (Å²) in [6.07, 6.45) is 4.80. The van der Waals surface area contributed by atoms with Crippen molar-refractivity contribution in [2.45, 2.75) is 19.4 Å². The third kappa shape index (κ3) is 3.38. The number of rotatable bonds is 5. The average molecular weight is 236 g/mol. The van der Waals surface area contributed by atoms with Crippen molar-refractivity contribution >= 4 is 17.7 Å². The number of thioether (sulfide) groups is 1. The smallest absolute Gasteiger partial charge is 0.226 e. The first-order chi connectivity index (χ1) is 7.69. The summed E-state index contributed by atoms with van der Waals surface area (Å²) in [5, 5.41) is 8.76. The lowest BCUT2D eigenvalue weighted by atomic mass is 10.2. The van der Waals surface area contributed by atoms with Crippen LogP contribution in [-0.2, 0) is 0 Å². The Kier molecular flexibility index (Phi) is 5.06. The maximum atomic E-state index is 8.76. The highest BCUT2D eigenvalue weighted by atomic mass is 32.2. The fourth-order valence-electron chi connectivity index (χ4n) is 1.26. The molecule has 0 radical (unpaired) electrons. The number of hydrogen-bond donors (Lipinski definition) is 0. The molecule has 1 unspecified atom stereocenters. The third-order valence-corrected chi connectivity index (χ3v) is 3.12. The molecule has 0 bridgehead atoms. The number of aromatic nitrogens is 2. The van der Waals surface area contributed by atoms with Gasteiger partial charge >= 0.3 is 0 Å². The van der Waals surface area contributed by atoms with E-state index in [1.54, 1.807) is 12.3 Å². The molecule has 86 valence electrons. The van der Waals surface area contributed by atoms with Gasteiger partial charge in [-0.2, -0.15) is 17.0 Å². The second kappa shape index (κ2) is 6.33. The monoisotopic (exact) mass is 236 g/mol. The van der Waals surface area contributed by atoms with Crippen molar-refractivity contribution in [1.82, 2.24) is 9.97 Å². The molecular formula is C11H16N4S. The molecule has 0 fully saturated rings. The van der Waals surface area contributed by atoms with Crippen LogP contribution >= 0.6 is 11.8 Å². The Labute approximate surface area is 101 Å². The van der Waals surface area contributed by atoms with Gasteiger partial charge in [0.2, 0.25) is 5.95 Å². The van der Waals surface area contributed by atoms with E-state index in [0.717, 1.165) is 12.2 Å². The topological polar surface area (TPSA) is 52.8 Å². The molecule has 0 aliphatic heterocycles. The third-order valence-electron chi connectivity index (χ3n) is 2.47. The van der Waals surface area contributed by atoms with E-state index in [9.17, 15) is 0 Å². The molecule has 1 heterocycles. The largest absolute Gasteiger partial charge is 0.341 e. The maximum absolute atomic E-state index is 8.76. The number of nitriles is 1. The molecule has 5 heteroatoms. The van der Waals surface area contributed by atoms with Crippen molar-refractivity contribution in [3.05, 3.63) is 18.0 Å². The average Bonchev–Trinajstić information content (AvgIpc) is 2.35. The van der Waals surface area contributed by atoms with Crippen molar-refractivity contribution in [3.63, 3.8) is 0 Å². The van der Waals surface area contributed by atoms with Gasteiger partial charge in [0.1, 0.15) is 11.8 Å². The molecule has 0 amide bonds. The summed E-state index contributed by atoms with van der Waals surface area (Å²) in [6.45, 7) is 2.14. The second-order valence-corrected chi connectivity index (χ2v) is 4.58. The van der Waals surface area contributed by atoms with Crippen molar-refractivity contribution < 1.29 is 0 Å². The van der Waals surface area contributed by atoms with E-state index in [4.69, 9.17) is 5.26 Å². The number of hydrogen-bond acceptors (Lipinski definition) is 5. The quantitative estimate of drug-likeness (QED) is 0.782. The molecule has 0 saturated heterocycles. The van der Waals surface area contributed by atoms with Crippen molar-refractivity contribution in [1.29, 1.82) is 5.26 Å². The lowest BCUT2D eigenvalue weighted by molar-refractivity contribution is 0.653. The second-order valence-electron chi connectivity index (χ2n) is 3.60. The van der Waals surface area contributed by atoms with E-state index in [0.29, 0.717) is 17.7 Å². The van der Waals surface area contributed by atoms with E-state index in [-0.39, 0.29) is 0 Å². The van der Waals surface area contributed by atoms with Crippen LogP contribution in [0.4, 0.5) is 5.95 Å². The standard InChI is InChI=1S/C11H16N4S/c1-9(5-7-16-3)15(2)11-13-6-4-10(8-12)14-11/h4,6,9H,5,7H2,1-3H3. The highest BCUT2D eigenvalue weighted by Crippen LogP contribution is 2.12. The Morgan fingerprint density at radius 2 is 2.38 bits per heavy atom. The maximum Gasteiger partial charge on any atom is 0.226 e. The molecule has 1 aromatic rings. The summed E-state index contributed by atoms with van der Waals surface area (Å²) in [7, 11) is 1.96. The Morgan fingerprint density at radius 1 is 1.62 bits per heavy atom. The van der Waals surface area contributed by atoms with Crippen molar-refractivity contribution in [3.8, 4) is 6.07 Å². The summed E-state index contributed by atoms with van der Waals surface area (Å²) in [5.74, 6) is 1.73. The molecule has 0 aliphatic rings. The van der Waals surface area contributed by atoms with Gasteiger partial charge in [0.05, 0.1) is 0 Å². The van der Waals surface area contributed by atoms with Gasteiger partial charge in [0.15, 0.2) is 0 Å². The Hall–Kier alpha value is -1.28. The first-order valence-corrected chi connectivity index (χ1v) is 6.53. The van der Waals surface area contributed by atoms with Gasteiger partial charge in [-0.05, 0) is 31.4 Å². The Morgan fingerprint density at radius 3 is 3.00 bits per heavy atom. The lowest BCUT2D eigenvalue weighted by Crippen LogP contribution is -2.31. The summed E-state index contributed by atoms with van der Waals surface area (Å²) < 4.78 is 0. The highest BCUT2D eigenvalue weighted by molar-refractivity contribution is 7.98. The van der Waals surface area contributed by atoms with Crippen molar-refractivity contribution in [2.75, 3.05) is 24.0 Å². The van der Waals surface area contributed by atoms with Gasteiger partial charge in [-0.1, -0.05) is 0 Å². The van der Waals surface area contributed by atoms with Gasteiger partial charge in [-0.3, -0.25) is 0 Å². The SMILES string of the molecule is CSCCC(C)N(C)c1nccc(C#N)n1. The number of nitrogens with zero attached hydrogens (tertiary/aromatic N) is 4. The van der Waals surface area contributed by atoms with Gasteiger partial charge in [0.25, 0.3) is 0 Å². The molecule has 0 saturated carbocycles. The van der Waals surface area contributed by atoms with E-state index < -0.39 is 0 Å². The van der Waals surface area contributed by atoms with Gasteiger partial charge in [-0.25, -0.2) is 9.97 Å². The molecule has 0 N–H and O–H groups in total. The molecule has 4 nitrogen and oxygen atoms in total. The summed E-state index contributed by atoms with van der Waals surface area (Å²) in [6, 6.07) is 4.01. The fourth-order valence-corrected chi connectivity index (χ4v) is 1.84. The van der Waals surface area contributed by atoms with E-state index in [1.165, 1.54) is 0 Å². The first-order valence-electron chi connectivity index (χ1n) is 5.14. The Bertz CT molecular complexity index is 374. The first kappa shape index (κ1) is 12.8. The fraction of sp³-hybridized carbons (Fsp3) is 0.545. The van der Waals surface area contributed by atoms with Crippen molar-refractivity contribution in [2.24, 2.45) is 0 Å². The van der Waals surface area contributed by atoms with Crippen LogP contribution in [-0.4, -0.2) is 35.1 Å². The zero-order chi connectivity index (χ0) is 12.0. The summed E-state index contributed by atoms with van der Waals surface area (Å²) >= 11 is 1.83. The van der Waals surface area contributed by atoms with Crippen LogP contribution in [0.2, 0.25) is 0 Å². The van der Waals surface area contributed by atoms with Crippen LogP contribution < -0.4 is 4.90 Å². The molecular weight excluding hydrogens is 220 g/mol. The molecule has 1 rings (SSSR count). The van der Waals surface area contributed by atoms with E-state index in [1.807, 2.05) is 29.8 Å². The minimum atomic E-state index is 0.376. The molecule has 0 aromatic carbocycles. The van der Waals surface area contributed by atoms with Crippen LogP contribution in [0.25, 0.3) is 0 Å². The molecule has 1 aromatic heterocycles. The number of anilines is 1. The summed E-state index contributed by atoms with van der Waals surface area (Å²) in [4.78, 5) is 10.4. The van der Waals surface area contributed by atoms with Crippen LogP contribution in [0, 0.1) is 11.3 Å². The van der Waals surface area contributed by atoms with Crippen LogP contribution in [0.15, 0.2) is 12.3 Å². The van der Waals surface area contributed by atoms with Crippen LogP contribution in [0.5, 0.6) is 0 Å². The minimum absolute atomic E-state index is 0.376. The van der Waals surface area contributed by atoms with E-state index >= 15 is 0 Å². The highest BCUT2D eigenvalue weighted by Gasteiger charge is 2.12. The minimum Gasteiger partial charge on any atom is -0.341 e. The summed E-state index contributed by atoms with van der Waals surface area (Å²) in [5.41, 5.74) is 0.411. The molecule has 1 atom stereocenters. The zero-order valence-electron chi connectivity index (χ0n) is 9.84. The zero-order valence-corrected chi connectivity index (χ0v) is 10.7. The van der Waals surface area contributed by atoms with Gasteiger partial charge < -0.3 is 4.90 Å². The van der Waals surface area contributed by atoms with Crippen LogP contribution in [0.3, 0.4) is 0 Å². The van der Waals surface area contributed by atoms with Gasteiger partial charge in [-0.15, -0.1) is 0 Å². The molecule has 16 heavy (non-hydrogen) atoms. The van der Waals surface area contributed by atoms with Gasteiger partial charge in [0, 0.05) is 19.3 Å². The molecule has 0 spiro atoms. The molecule has 0 aliphatic carbocycles.